The minimum atomic E-state index is -3.51. The van der Waals surface area contributed by atoms with Crippen molar-refractivity contribution in [3.63, 3.8) is 0 Å². The van der Waals surface area contributed by atoms with E-state index >= 15 is 0 Å². The summed E-state index contributed by atoms with van der Waals surface area (Å²) in [5.41, 5.74) is 3.29. The summed E-state index contributed by atoms with van der Waals surface area (Å²) < 4.78 is 25.1. The predicted molar refractivity (Wildman–Crippen MR) is 112 cm³/mol. The van der Waals surface area contributed by atoms with Gasteiger partial charge in [0.1, 0.15) is 6.04 Å². The van der Waals surface area contributed by atoms with Crippen molar-refractivity contribution in [2.24, 2.45) is 0 Å². The zero-order chi connectivity index (χ0) is 20.1. The van der Waals surface area contributed by atoms with Gasteiger partial charge < -0.3 is 10.2 Å². The highest BCUT2D eigenvalue weighted by atomic mass is 32.2. The summed E-state index contributed by atoms with van der Waals surface area (Å²) in [6.07, 6.45) is 2.96. The van der Waals surface area contributed by atoms with E-state index in [1.54, 1.807) is 24.3 Å². The van der Waals surface area contributed by atoms with Crippen LogP contribution in [0, 0.1) is 0 Å². The van der Waals surface area contributed by atoms with E-state index in [0.29, 0.717) is 12.1 Å². The highest BCUT2D eigenvalue weighted by Crippen LogP contribution is 2.27. The van der Waals surface area contributed by atoms with Crippen molar-refractivity contribution < 1.29 is 13.2 Å². The van der Waals surface area contributed by atoms with E-state index in [-0.39, 0.29) is 5.91 Å². The molecule has 2 aromatic carbocycles. The number of nitrogens with zero attached hydrogens (tertiary/aromatic N) is 2. The van der Waals surface area contributed by atoms with Crippen LogP contribution in [0.15, 0.2) is 54.6 Å². The number of anilines is 1. The van der Waals surface area contributed by atoms with E-state index in [0.717, 1.165) is 36.5 Å². The Balaban J connectivity index is 1.59. The first-order valence-electron chi connectivity index (χ1n) is 9.46. The number of fused-ring (bicyclic) bond motifs is 1. The van der Waals surface area contributed by atoms with Crippen molar-refractivity contribution in [2.45, 2.75) is 18.9 Å². The molecule has 1 aliphatic heterocycles. The van der Waals surface area contributed by atoms with Crippen molar-refractivity contribution in [1.82, 2.24) is 9.62 Å². The molecule has 3 rings (SSSR count). The smallest absolute Gasteiger partial charge is 0.242 e. The lowest BCUT2D eigenvalue weighted by atomic mass is 10.1. The molecule has 2 aromatic rings. The molecule has 0 saturated carbocycles. The maximum absolute atomic E-state index is 12.8. The molecular formula is C21H27N3O3S. The fourth-order valence-corrected chi connectivity index (χ4v) is 4.17. The maximum Gasteiger partial charge on any atom is 0.242 e. The van der Waals surface area contributed by atoms with Crippen LogP contribution in [0.25, 0.3) is 0 Å². The van der Waals surface area contributed by atoms with Crippen LogP contribution < -0.4 is 10.2 Å². The Bertz CT molecular complexity index is 916. The van der Waals surface area contributed by atoms with Gasteiger partial charge in [-0.1, -0.05) is 48.5 Å². The number of carbonyl (C=O) groups excluding carboxylic acids is 1. The first-order valence-corrected chi connectivity index (χ1v) is 11.3. The molecule has 7 heteroatoms. The zero-order valence-electron chi connectivity index (χ0n) is 16.3. The van der Waals surface area contributed by atoms with Gasteiger partial charge in [-0.3, -0.25) is 4.79 Å². The average Bonchev–Trinajstić information content (AvgIpc) is 3.09. The fraction of sp³-hybridized carbons (Fsp3) is 0.381. The number of carbonyl (C=O) groups is 1. The minimum Gasteiger partial charge on any atom is -0.371 e. The summed E-state index contributed by atoms with van der Waals surface area (Å²) in [6.45, 7) is 2.35. The van der Waals surface area contributed by atoms with Crippen LogP contribution >= 0.6 is 0 Å². The van der Waals surface area contributed by atoms with E-state index in [1.165, 1.54) is 18.3 Å². The van der Waals surface area contributed by atoms with E-state index in [2.05, 4.69) is 28.4 Å². The van der Waals surface area contributed by atoms with Gasteiger partial charge in [0.25, 0.3) is 0 Å². The Morgan fingerprint density at radius 1 is 1.14 bits per heavy atom. The first-order chi connectivity index (χ1) is 13.4. The van der Waals surface area contributed by atoms with E-state index in [9.17, 15) is 13.2 Å². The second-order valence-corrected chi connectivity index (χ2v) is 9.14. The molecule has 0 aliphatic carbocycles. The van der Waals surface area contributed by atoms with Crippen LogP contribution in [-0.2, 0) is 21.2 Å². The largest absolute Gasteiger partial charge is 0.371 e. The van der Waals surface area contributed by atoms with E-state index in [4.69, 9.17) is 0 Å². The molecule has 1 heterocycles. The van der Waals surface area contributed by atoms with Gasteiger partial charge in [0.2, 0.25) is 15.9 Å². The summed E-state index contributed by atoms with van der Waals surface area (Å²) in [5, 5.41) is 2.91. The van der Waals surface area contributed by atoms with Crippen molar-refractivity contribution in [2.75, 3.05) is 37.8 Å². The van der Waals surface area contributed by atoms with Crippen LogP contribution in [0.4, 0.5) is 5.69 Å². The van der Waals surface area contributed by atoms with E-state index in [1.807, 2.05) is 12.1 Å². The third-order valence-electron chi connectivity index (χ3n) is 5.14. The monoisotopic (exact) mass is 401 g/mol. The van der Waals surface area contributed by atoms with Gasteiger partial charge in [-0.2, -0.15) is 4.31 Å². The van der Waals surface area contributed by atoms with E-state index < -0.39 is 16.1 Å². The van der Waals surface area contributed by atoms with Crippen molar-refractivity contribution in [3.8, 4) is 0 Å². The molecule has 0 bridgehead atoms. The molecule has 0 saturated heterocycles. The molecule has 0 fully saturated rings. The molecule has 1 amide bonds. The summed E-state index contributed by atoms with van der Waals surface area (Å²) in [6, 6.07) is 16.5. The van der Waals surface area contributed by atoms with Crippen LogP contribution in [0.3, 0.4) is 0 Å². The lowest BCUT2D eigenvalue weighted by molar-refractivity contribution is -0.124. The van der Waals surface area contributed by atoms with Gasteiger partial charge in [0.05, 0.1) is 6.26 Å². The number of benzene rings is 2. The topological polar surface area (TPSA) is 69.7 Å². The maximum atomic E-state index is 12.8. The normalized spacial score (nSPS) is 14.8. The number of hydrogen-bond donors (Lipinski definition) is 1. The molecule has 1 N–H and O–H groups in total. The second-order valence-electron chi connectivity index (χ2n) is 7.10. The minimum absolute atomic E-state index is 0.305. The van der Waals surface area contributed by atoms with Gasteiger partial charge in [-0.05, 0) is 30.0 Å². The van der Waals surface area contributed by atoms with Crippen LogP contribution in [-0.4, -0.2) is 51.6 Å². The summed E-state index contributed by atoms with van der Waals surface area (Å²) in [5.74, 6) is -0.305. The highest BCUT2D eigenvalue weighted by Gasteiger charge is 2.30. The van der Waals surface area contributed by atoms with Gasteiger partial charge in [-0.15, -0.1) is 0 Å². The molecule has 150 valence electrons. The predicted octanol–water partition coefficient (Wildman–Crippen LogP) is 2.19. The van der Waals surface area contributed by atoms with Gasteiger partial charge in [0.15, 0.2) is 0 Å². The molecule has 28 heavy (non-hydrogen) atoms. The van der Waals surface area contributed by atoms with Gasteiger partial charge >= 0.3 is 0 Å². The van der Waals surface area contributed by atoms with Gasteiger partial charge in [0, 0.05) is 32.4 Å². The van der Waals surface area contributed by atoms with Crippen LogP contribution in [0.5, 0.6) is 0 Å². The number of para-hydroxylation sites is 1. The number of likely N-dealkylation sites (N-methyl/N-ethyl adjacent to an activating group) is 1. The molecule has 6 nitrogen and oxygen atoms in total. The van der Waals surface area contributed by atoms with Crippen molar-refractivity contribution in [3.05, 3.63) is 65.7 Å². The van der Waals surface area contributed by atoms with Crippen molar-refractivity contribution >= 4 is 21.6 Å². The van der Waals surface area contributed by atoms with Crippen molar-refractivity contribution in [1.29, 1.82) is 0 Å². The Kier molecular flexibility index (Phi) is 6.36. The average molecular weight is 402 g/mol. The lowest BCUT2D eigenvalue weighted by Crippen LogP contribution is -2.41. The third kappa shape index (κ3) is 4.72. The number of rotatable bonds is 8. The Hall–Kier alpha value is -2.38. The molecule has 0 radical (unpaired) electrons. The third-order valence-corrected chi connectivity index (χ3v) is 6.39. The molecule has 0 unspecified atom stereocenters. The quantitative estimate of drug-likeness (QED) is 0.689. The Morgan fingerprint density at radius 3 is 2.54 bits per heavy atom. The molecular weight excluding hydrogens is 374 g/mol. The van der Waals surface area contributed by atoms with Crippen LogP contribution in [0.1, 0.15) is 23.6 Å². The number of nitrogens with one attached hydrogen (secondary N) is 1. The highest BCUT2D eigenvalue weighted by molar-refractivity contribution is 7.88. The fourth-order valence-electron chi connectivity index (χ4n) is 3.57. The Morgan fingerprint density at radius 2 is 1.82 bits per heavy atom. The summed E-state index contributed by atoms with van der Waals surface area (Å²) >= 11 is 0. The number of amides is 1. The SMILES string of the molecule is CN([C@H](C(=O)NCCCN1CCc2ccccc21)c1ccccc1)S(C)(=O)=O. The lowest BCUT2D eigenvalue weighted by Gasteiger charge is -2.26. The number of hydrogen-bond acceptors (Lipinski definition) is 4. The Labute approximate surface area is 167 Å². The molecule has 1 aliphatic rings. The molecule has 0 spiro atoms. The molecule has 1 atom stereocenters. The van der Waals surface area contributed by atoms with Crippen LogP contribution in [0.2, 0.25) is 0 Å². The van der Waals surface area contributed by atoms with Gasteiger partial charge in [-0.25, -0.2) is 8.42 Å². The first kappa shape index (κ1) is 20.4. The second kappa shape index (κ2) is 8.75. The standard InChI is InChI=1S/C21H27N3O3S/c1-23(28(2,26)27)20(18-10-4-3-5-11-18)21(25)22-14-8-15-24-16-13-17-9-6-7-12-19(17)24/h3-7,9-12,20H,8,13-16H2,1-2H3,(H,22,25)/t20-/m0/s1. The molecule has 0 aromatic heterocycles. The summed E-state index contributed by atoms with van der Waals surface area (Å²) in [7, 11) is -2.07. The zero-order valence-corrected chi connectivity index (χ0v) is 17.2. The number of sulfonamides is 1. The summed E-state index contributed by atoms with van der Waals surface area (Å²) in [4.78, 5) is 15.1.